The maximum Gasteiger partial charge on any atom is 0.393 e. The van der Waals surface area contributed by atoms with E-state index >= 15 is 0 Å². The standard InChI is InChI=1S/C25H26F3N5S/c1-16(17-2-3-21-18(10-17)4-7-29-21)32-8-5-24(13-32)6-9-33(14-24)22-20-11-19(12-25(26,27)28)34-23(20)31-15-30-22/h2-4,7,10-11,15-16,29H,5-6,8-9,12-14H2,1H3/t16-,24?/m1/s1. The molecule has 2 fully saturated rings. The molecule has 1 unspecified atom stereocenters. The molecule has 0 saturated carbocycles. The molecule has 3 aromatic heterocycles. The van der Waals surface area contributed by atoms with Gasteiger partial charge in [0.25, 0.3) is 0 Å². The summed E-state index contributed by atoms with van der Waals surface area (Å²) >= 11 is 1.12. The number of alkyl halides is 3. The molecule has 2 aliphatic heterocycles. The number of aromatic amines is 1. The molecule has 2 aliphatic rings. The van der Waals surface area contributed by atoms with E-state index in [0.29, 0.717) is 15.7 Å². The van der Waals surface area contributed by atoms with Gasteiger partial charge in [-0.2, -0.15) is 13.2 Å². The quantitative estimate of drug-likeness (QED) is 0.389. The molecule has 1 N–H and O–H groups in total. The second-order valence-electron chi connectivity index (χ2n) is 9.81. The number of aromatic nitrogens is 3. The third kappa shape index (κ3) is 3.94. The van der Waals surface area contributed by atoms with E-state index in [2.05, 4.69) is 55.9 Å². The molecule has 0 aliphatic carbocycles. The molecule has 2 atom stereocenters. The van der Waals surface area contributed by atoms with Crippen molar-refractivity contribution in [2.24, 2.45) is 5.41 Å². The Labute approximate surface area is 199 Å². The predicted octanol–water partition coefficient (Wildman–Crippen LogP) is 5.94. The number of fused-ring (bicyclic) bond motifs is 2. The topological polar surface area (TPSA) is 48.1 Å². The van der Waals surface area contributed by atoms with E-state index in [1.807, 2.05) is 6.20 Å². The summed E-state index contributed by atoms with van der Waals surface area (Å²) in [7, 11) is 0. The summed E-state index contributed by atoms with van der Waals surface area (Å²) in [5, 5.41) is 1.98. The molecule has 0 bridgehead atoms. The Balaban J connectivity index is 1.19. The highest BCUT2D eigenvalue weighted by atomic mass is 32.1. The number of H-pyrrole nitrogens is 1. The fourth-order valence-corrected chi connectivity index (χ4v) is 6.74. The van der Waals surface area contributed by atoms with Gasteiger partial charge in [0.15, 0.2) is 0 Å². The number of halogens is 3. The molecular formula is C25H26F3N5S. The molecule has 2 saturated heterocycles. The number of rotatable bonds is 4. The van der Waals surface area contributed by atoms with E-state index in [1.54, 1.807) is 6.07 Å². The van der Waals surface area contributed by atoms with Crippen molar-refractivity contribution >= 4 is 38.3 Å². The van der Waals surface area contributed by atoms with Crippen LogP contribution in [0.1, 0.15) is 36.2 Å². The Morgan fingerprint density at radius 1 is 1.12 bits per heavy atom. The second kappa shape index (κ2) is 7.95. The first-order valence-electron chi connectivity index (χ1n) is 11.6. The zero-order valence-corrected chi connectivity index (χ0v) is 19.7. The lowest BCUT2D eigenvalue weighted by molar-refractivity contribution is -0.126. The van der Waals surface area contributed by atoms with E-state index in [-0.39, 0.29) is 5.41 Å². The van der Waals surface area contributed by atoms with Crippen LogP contribution in [0.4, 0.5) is 19.0 Å². The van der Waals surface area contributed by atoms with Crippen LogP contribution in [0.15, 0.2) is 42.9 Å². The normalized spacial score (nSPS) is 22.5. The lowest BCUT2D eigenvalue weighted by Crippen LogP contribution is -2.32. The van der Waals surface area contributed by atoms with Crippen molar-refractivity contribution in [1.82, 2.24) is 19.9 Å². The van der Waals surface area contributed by atoms with Crippen molar-refractivity contribution in [1.29, 1.82) is 0 Å². The van der Waals surface area contributed by atoms with Crippen LogP contribution in [0.3, 0.4) is 0 Å². The van der Waals surface area contributed by atoms with Crippen LogP contribution in [-0.4, -0.2) is 52.2 Å². The summed E-state index contributed by atoms with van der Waals surface area (Å²) in [5.41, 5.74) is 2.67. The van der Waals surface area contributed by atoms with Gasteiger partial charge in [0, 0.05) is 47.7 Å². The third-order valence-electron chi connectivity index (χ3n) is 7.55. The van der Waals surface area contributed by atoms with Crippen LogP contribution >= 0.6 is 11.3 Å². The van der Waals surface area contributed by atoms with Crippen molar-refractivity contribution in [3.8, 4) is 0 Å². The van der Waals surface area contributed by atoms with E-state index in [4.69, 9.17) is 0 Å². The molecule has 34 heavy (non-hydrogen) atoms. The summed E-state index contributed by atoms with van der Waals surface area (Å²) in [5.74, 6) is 0.774. The number of likely N-dealkylation sites (tertiary alicyclic amines) is 1. The Morgan fingerprint density at radius 3 is 2.82 bits per heavy atom. The number of nitrogens with one attached hydrogen (secondary N) is 1. The van der Waals surface area contributed by atoms with Crippen molar-refractivity contribution < 1.29 is 13.2 Å². The van der Waals surface area contributed by atoms with Gasteiger partial charge >= 0.3 is 6.18 Å². The number of hydrogen-bond donors (Lipinski definition) is 1. The molecule has 0 amide bonds. The first-order chi connectivity index (χ1) is 16.3. The number of benzene rings is 1. The van der Waals surface area contributed by atoms with Crippen molar-refractivity contribution in [3.05, 3.63) is 53.3 Å². The predicted molar refractivity (Wildman–Crippen MR) is 129 cm³/mol. The van der Waals surface area contributed by atoms with Crippen LogP contribution in [0.25, 0.3) is 21.1 Å². The number of thiophene rings is 1. The fourth-order valence-electron chi connectivity index (χ4n) is 5.72. The minimum atomic E-state index is -4.22. The Hall–Kier alpha value is -2.65. The van der Waals surface area contributed by atoms with Crippen molar-refractivity contribution in [2.45, 2.75) is 38.4 Å². The summed E-state index contributed by atoms with van der Waals surface area (Å²) in [6.45, 7) is 6.10. The van der Waals surface area contributed by atoms with Gasteiger partial charge in [0.2, 0.25) is 0 Å². The van der Waals surface area contributed by atoms with Gasteiger partial charge in [0.1, 0.15) is 17.0 Å². The highest BCUT2D eigenvalue weighted by Gasteiger charge is 2.45. The molecule has 5 nitrogen and oxygen atoms in total. The van der Waals surface area contributed by atoms with E-state index in [0.717, 1.165) is 67.1 Å². The van der Waals surface area contributed by atoms with Gasteiger partial charge in [-0.3, -0.25) is 4.90 Å². The molecule has 4 aromatic rings. The summed E-state index contributed by atoms with van der Waals surface area (Å²) in [6, 6.07) is 10.7. The van der Waals surface area contributed by atoms with E-state index in [1.165, 1.54) is 17.3 Å². The monoisotopic (exact) mass is 485 g/mol. The Bertz CT molecular complexity index is 1350. The number of anilines is 1. The van der Waals surface area contributed by atoms with Gasteiger partial charge in [-0.25, -0.2) is 9.97 Å². The van der Waals surface area contributed by atoms with Gasteiger partial charge in [-0.1, -0.05) is 6.07 Å². The molecule has 6 rings (SSSR count). The molecule has 1 aromatic carbocycles. The molecule has 5 heterocycles. The Morgan fingerprint density at radius 2 is 1.97 bits per heavy atom. The minimum absolute atomic E-state index is 0.189. The lowest BCUT2D eigenvalue weighted by Gasteiger charge is -2.28. The summed E-state index contributed by atoms with van der Waals surface area (Å²) in [6.07, 6.45) is 0.508. The van der Waals surface area contributed by atoms with Crippen molar-refractivity contribution in [2.75, 3.05) is 31.1 Å². The summed E-state index contributed by atoms with van der Waals surface area (Å²) < 4.78 is 38.7. The molecule has 1 spiro atoms. The lowest BCUT2D eigenvalue weighted by atomic mass is 9.86. The highest BCUT2D eigenvalue weighted by Crippen LogP contribution is 2.45. The van der Waals surface area contributed by atoms with E-state index < -0.39 is 12.6 Å². The minimum Gasteiger partial charge on any atom is -0.361 e. The first-order valence-corrected chi connectivity index (χ1v) is 12.5. The average Bonchev–Trinajstić information content (AvgIpc) is 3.58. The van der Waals surface area contributed by atoms with Crippen LogP contribution < -0.4 is 4.90 Å². The molecule has 0 radical (unpaired) electrons. The highest BCUT2D eigenvalue weighted by molar-refractivity contribution is 7.18. The maximum atomic E-state index is 12.9. The van der Waals surface area contributed by atoms with Crippen LogP contribution in [0.2, 0.25) is 0 Å². The van der Waals surface area contributed by atoms with Crippen LogP contribution in [-0.2, 0) is 6.42 Å². The van der Waals surface area contributed by atoms with Crippen LogP contribution in [0, 0.1) is 5.41 Å². The number of hydrogen-bond acceptors (Lipinski definition) is 5. The summed E-state index contributed by atoms with van der Waals surface area (Å²) in [4.78, 5) is 17.7. The molecule has 9 heteroatoms. The maximum absolute atomic E-state index is 12.9. The largest absolute Gasteiger partial charge is 0.393 e. The molecule has 178 valence electrons. The van der Waals surface area contributed by atoms with Gasteiger partial charge < -0.3 is 9.88 Å². The van der Waals surface area contributed by atoms with Crippen LogP contribution in [0.5, 0.6) is 0 Å². The third-order valence-corrected chi connectivity index (χ3v) is 8.59. The average molecular weight is 486 g/mol. The zero-order valence-electron chi connectivity index (χ0n) is 18.9. The Kier molecular flexibility index (Phi) is 5.11. The van der Waals surface area contributed by atoms with Gasteiger partial charge in [-0.05, 0) is 61.5 Å². The zero-order chi connectivity index (χ0) is 23.5. The van der Waals surface area contributed by atoms with Crippen molar-refractivity contribution in [3.63, 3.8) is 0 Å². The van der Waals surface area contributed by atoms with Gasteiger partial charge in [-0.15, -0.1) is 11.3 Å². The fraction of sp³-hybridized carbons (Fsp3) is 0.440. The SMILES string of the molecule is C[C@H](c1ccc2[nH]ccc2c1)N1CCC2(CCN(c3ncnc4sc(CC(F)(F)F)cc34)C2)C1. The van der Waals surface area contributed by atoms with E-state index in [9.17, 15) is 13.2 Å². The smallest absolute Gasteiger partial charge is 0.361 e. The number of nitrogens with zero attached hydrogens (tertiary/aromatic N) is 4. The van der Waals surface area contributed by atoms with Gasteiger partial charge in [0.05, 0.1) is 11.8 Å². The first kappa shape index (κ1) is 21.9. The molecular weight excluding hydrogens is 459 g/mol. The second-order valence-corrected chi connectivity index (χ2v) is 10.9.